The number of benzene rings is 2. The molecule has 2 fully saturated rings. The highest BCUT2D eigenvalue weighted by molar-refractivity contribution is 5.66. The first-order valence-electron chi connectivity index (χ1n) is 12.1. The summed E-state index contributed by atoms with van der Waals surface area (Å²) in [6, 6.07) is 10.9. The van der Waals surface area contributed by atoms with Gasteiger partial charge in [0, 0.05) is 25.2 Å². The van der Waals surface area contributed by atoms with Gasteiger partial charge in [-0.05, 0) is 55.0 Å². The minimum absolute atomic E-state index is 0.0434. The van der Waals surface area contributed by atoms with Crippen molar-refractivity contribution in [3.8, 4) is 0 Å². The van der Waals surface area contributed by atoms with Crippen LogP contribution in [0.5, 0.6) is 0 Å². The highest BCUT2D eigenvalue weighted by Crippen LogP contribution is 2.50. The Hall–Kier alpha value is -2.59. The summed E-state index contributed by atoms with van der Waals surface area (Å²) in [5.74, 6) is -1.30. The van der Waals surface area contributed by atoms with Crippen LogP contribution in [0.15, 0.2) is 48.5 Å². The third-order valence-corrected chi connectivity index (χ3v) is 7.33. The van der Waals surface area contributed by atoms with Gasteiger partial charge in [-0.2, -0.15) is 26.3 Å². The van der Waals surface area contributed by atoms with Gasteiger partial charge in [-0.15, -0.1) is 0 Å². The molecule has 1 saturated carbocycles. The van der Waals surface area contributed by atoms with Crippen LogP contribution in [0, 0.1) is 0 Å². The molecule has 1 aliphatic carbocycles. The second-order valence-corrected chi connectivity index (χ2v) is 9.68. The zero-order chi connectivity index (χ0) is 26.9. The summed E-state index contributed by atoms with van der Waals surface area (Å²) in [6.45, 7) is 2.19. The molecule has 1 heterocycles. The number of halogens is 6. The fraction of sp³-hybridized carbons (Fsp3) is 0.519. The van der Waals surface area contributed by atoms with Gasteiger partial charge in [0.25, 0.3) is 0 Å². The Balaban J connectivity index is 1.67. The highest BCUT2D eigenvalue weighted by atomic mass is 19.4. The van der Waals surface area contributed by atoms with Crippen LogP contribution in [0.4, 0.5) is 26.3 Å². The monoisotopic (exact) mass is 530 g/mol. The van der Waals surface area contributed by atoms with E-state index in [2.05, 4.69) is 0 Å². The minimum atomic E-state index is -4.93. The first-order valence-corrected chi connectivity index (χ1v) is 12.1. The number of carbonyl (C=O) groups excluding carboxylic acids is 1. The average molecular weight is 531 g/mol. The van der Waals surface area contributed by atoms with Crippen LogP contribution in [0.25, 0.3) is 0 Å². The van der Waals surface area contributed by atoms with Crippen molar-refractivity contribution in [1.82, 2.24) is 0 Å². The number of hydrogen-bond donors (Lipinski definition) is 0. The smallest absolute Gasteiger partial charge is 0.416 e. The Labute approximate surface area is 210 Å². The Morgan fingerprint density at radius 2 is 1.43 bits per heavy atom. The maximum Gasteiger partial charge on any atom is 0.416 e. The van der Waals surface area contributed by atoms with Crippen LogP contribution in [0.1, 0.15) is 61.3 Å². The van der Waals surface area contributed by atoms with E-state index in [0.29, 0.717) is 38.9 Å². The number of hydrogen-bond acceptors (Lipinski definition) is 4. The summed E-state index contributed by atoms with van der Waals surface area (Å²) in [7, 11) is 0. The third kappa shape index (κ3) is 6.12. The van der Waals surface area contributed by atoms with E-state index in [4.69, 9.17) is 14.2 Å². The van der Waals surface area contributed by atoms with Crippen molar-refractivity contribution >= 4 is 5.97 Å². The van der Waals surface area contributed by atoms with Gasteiger partial charge in [0.05, 0.1) is 24.3 Å². The molecule has 10 heteroatoms. The maximum atomic E-state index is 13.4. The molecule has 0 bridgehead atoms. The van der Waals surface area contributed by atoms with E-state index >= 15 is 0 Å². The normalized spacial score (nSPS) is 20.1. The van der Waals surface area contributed by atoms with Crippen molar-refractivity contribution < 1.29 is 45.3 Å². The highest BCUT2D eigenvalue weighted by Gasteiger charge is 2.51. The number of ether oxygens (including phenoxy) is 3. The van der Waals surface area contributed by atoms with Crippen LogP contribution >= 0.6 is 0 Å². The van der Waals surface area contributed by atoms with Gasteiger partial charge in [-0.25, -0.2) is 0 Å². The maximum absolute atomic E-state index is 13.4. The zero-order valence-corrected chi connectivity index (χ0v) is 20.3. The minimum Gasteiger partial charge on any atom is -0.462 e. The van der Waals surface area contributed by atoms with Gasteiger partial charge in [0.2, 0.25) is 0 Å². The van der Waals surface area contributed by atoms with Crippen molar-refractivity contribution in [2.75, 3.05) is 13.2 Å². The van der Waals surface area contributed by atoms with Gasteiger partial charge >= 0.3 is 18.3 Å². The van der Waals surface area contributed by atoms with Crippen molar-refractivity contribution in [3.05, 3.63) is 70.8 Å². The Kier molecular flexibility index (Phi) is 7.63. The topological polar surface area (TPSA) is 44.8 Å². The zero-order valence-electron chi connectivity index (χ0n) is 20.3. The number of carbonyl (C=O) groups is 1. The van der Waals surface area contributed by atoms with Crippen LogP contribution in [-0.2, 0) is 43.2 Å². The third-order valence-electron chi connectivity index (χ3n) is 7.33. The van der Waals surface area contributed by atoms with E-state index in [9.17, 15) is 31.1 Å². The van der Waals surface area contributed by atoms with E-state index in [0.717, 1.165) is 17.7 Å². The summed E-state index contributed by atoms with van der Waals surface area (Å²) >= 11 is 0. The standard InChI is InChI=1S/C27H28F6O4/c1-18(34)37-23(8-7-19-15-21(26(28,29)30)17-22(16-19)27(31,32)33)24(20-5-3-2-4-6-20)9-11-25(12-10-24)35-13-14-36-25/h2-6,15-17,23H,7-14H2,1H3. The second kappa shape index (κ2) is 10.3. The van der Waals surface area contributed by atoms with Crippen LogP contribution in [-0.4, -0.2) is 31.1 Å². The molecular formula is C27H28F6O4. The predicted octanol–water partition coefficient (Wildman–Crippen LogP) is 6.84. The molecule has 1 atom stereocenters. The SMILES string of the molecule is CC(=O)OC(CCc1cc(C(F)(F)F)cc(C(F)(F)F)c1)C1(c2ccccc2)CCC2(CC1)OCCO2. The summed E-state index contributed by atoms with van der Waals surface area (Å²) < 4.78 is 97.6. The molecule has 0 amide bonds. The summed E-state index contributed by atoms with van der Waals surface area (Å²) in [5.41, 5.74) is -2.68. The number of alkyl halides is 6. The Morgan fingerprint density at radius 3 is 1.92 bits per heavy atom. The number of rotatable bonds is 6. The molecule has 202 valence electrons. The van der Waals surface area contributed by atoms with E-state index in [1.54, 1.807) is 0 Å². The fourth-order valence-electron chi connectivity index (χ4n) is 5.54. The van der Waals surface area contributed by atoms with Crippen molar-refractivity contribution in [2.24, 2.45) is 0 Å². The van der Waals surface area contributed by atoms with Gasteiger partial charge in [-0.1, -0.05) is 30.3 Å². The number of esters is 1. The van der Waals surface area contributed by atoms with E-state index in [1.807, 2.05) is 30.3 Å². The van der Waals surface area contributed by atoms with Gasteiger partial charge in [-0.3, -0.25) is 4.79 Å². The molecule has 0 N–H and O–H groups in total. The average Bonchev–Trinajstić information content (AvgIpc) is 3.30. The van der Waals surface area contributed by atoms with E-state index < -0.39 is 46.8 Å². The van der Waals surface area contributed by atoms with Crippen molar-refractivity contribution in [2.45, 2.75) is 75.1 Å². The molecule has 0 radical (unpaired) electrons. The lowest BCUT2D eigenvalue weighted by atomic mass is 9.63. The summed E-state index contributed by atoms with van der Waals surface area (Å²) in [4.78, 5) is 12.1. The van der Waals surface area contributed by atoms with E-state index in [-0.39, 0.29) is 24.5 Å². The molecule has 1 aliphatic heterocycles. The summed E-state index contributed by atoms with van der Waals surface area (Å²) in [5, 5.41) is 0. The molecule has 2 aromatic carbocycles. The Morgan fingerprint density at radius 1 is 0.892 bits per heavy atom. The fourth-order valence-corrected chi connectivity index (χ4v) is 5.54. The van der Waals surface area contributed by atoms with Gasteiger partial charge < -0.3 is 14.2 Å². The lowest BCUT2D eigenvalue weighted by Crippen LogP contribution is -2.49. The van der Waals surface area contributed by atoms with Crippen molar-refractivity contribution in [1.29, 1.82) is 0 Å². The Bertz CT molecular complexity index is 1050. The van der Waals surface area contributed by atoms with Crippen LogP contribution in [0.3, 0.4) is 0 Å². The van der Waals surface area contributed by atoms with Crippen LogP contribution in [0.2, 0.25) is 0 Å². The first kappa shape index (κ1) is 27.4. The molecule has 4 rings (SSSR count). The molecule has 2 aliphatic rings. The molecule has 2 aromatic rings. The largest absolute Gasteiger partial charge is 0.462 e. The molecular weight excluding hydrogens is 502 g/mol. The molecule has 1 spiro atoms. The molecule has 0 aromatic heterocycles. The van der Waals surface area contributed by atoms with Crippen molar-refractivity contribution in [3.63, 3.8) is 0 Å². The predicted molar refractivity (Wildman–Crippen MR) is 122 cm³/mol. The molecule has 1 unspecified atom stereocenters. The van der Waals surface area contributed by atoms with Crippen LogP contribution < -0.4 is 0 Å². The quantitative estimate of drug-likeness (QED) is 0.303. The molecule has 37 heavy (non-hydrogen) atoms. The van der Waals surface area contributed by atoms with Gasteiger partial charge in [0.1, 0.15) is 6.10 Å². The number of aryl methyl sites for hydroxylation is 1. The molecule has 4 nitrogen and oxygen atoms in total. The second-order valence-electron chi connectivity index (χ2n) is 9.68. The lowest BCUT2D eigenvalue weighted by Gasteiger charge is -2.47. The lowest BCUT2D eigenvalue weighted by molar-refractivity contribution is -0.194. The van der Waals surface area contributed by atoms with E-state index in [1.165, 1.54) is 6.92 Å². The summed E-state index contributed by atoms with van der Waals surface area (Å²) in [6.07, 6.45) is -8.71. The first-order chi connectivity index (χ1) is 17.3. The molecule has 1 saturated heterocycles. The van der Waals surface area contributed by atoms with Gasteiger partial charge in [0.15, 0.2) is 5.79 Å².